The van der Waals surface area contributed by atoms with Crippen LogP contribution in [0.1, 0.15) is 21.7 Å². The number of fused-ring (bicyclic) bond motifs is 1. The second-order valence-corrected chi connectivity index (χ2v) is 8.20. The lowest BCUT2D eigenvalue weighted by Gasteiger charge is -2.08. The van der Waals surface area contributed by atoms with E-state index in [1.54, 1.807) is 18.3 Å². The van der Waals surface area contributed by atoms with Gasteiger partial charge in [-0.05, 0) is 43.0 Å². The molecule has 0 saturated carbocycles. The molecule has 0 spiro atoms. The first-order valence-corrected chi connectivity index (χ1v) is 9.24. The summed E-state index contributed by atoms with van der Waals surface area (Å²) < 4.78 is 23.4. The fraction of sp³-hybridized carbons (Fsp3) is 0.357. The maximum atomic E-state index is 11.7. The molecule has 0 bridgehead atoms. The number of anilines is 1. The van der Waals surface area contributed by atoms with Crippen LogP contribution in [0.15, 0.2) is 29.3 Å². The Morgan fingerprint density at radius 2 is 2.25 bits per heavy atom. The smallest absolute Gasteiger partial charge is 0.179 e. The quantitative estimate of drug-likeness (QED) is 0.943. The number of aromatic nitrogens is 1. The van der Waals surface area contributed by atoms with Crippen LogP contribution in [0, 0.1) is 0 Å². The molecule has 20 heavy (non-hydrogen) atoms. The standard InChI is InChI=1S/C14H16N2O2S2/c1-20(17,18)13-6-3-7-15-14(13)16-9-11-8-10-4-2-5-12(10)19-11/h3,6-8H,2,4-5,9H2,1H3,(H,15,16). The van der Waals surface area contributed by atoms with Gasteiger partial charge in [0.05, 0.1) is 6.54 Å². The topological polar surface area (TPSA) is 59.1 Å². The summed E-state index contributed by atoms with van der Waals surface area (Å²) in [6.45, 7) is 0.622. The van der Waals surface area contributed by atoms with E-state index in [0.717, 1.165) is 0 Å². The summed E-state index contributed by atoms with van der Waals surface area (Å²) >= 11 is 1.81. The number of nitrogens with one attached hydrogen (secondary N) is 1. The average Bonchev–Trinajstić information content (AvgIpc) is 2.96. The van der Waals surface area contributed by atoms with Crippen molar-refractivity contribution in [3.63, 3.8) is 0 Å². The van der Waals surface area contributed by atoms with Gasteiger partial charge >= 0.3 is 0 Å². The van der Waals surface area contributed by atoms with Crippen molar-refractivity contribution in [2.75, 3.05) is 11.6 Å². The van der Waals surface area contributed by atoms with Crippen molar-refractivity contribution in [1.29, 1.82) is 0 Å². The Kier molecular flexibility index (Phi) is 3.52. The van der Waals surface area contributed by atoms with Crippen LogP contribution in [0.25, 0.3) is 0 Å². The van der Waals surface area contributed by atoms with E-state index in [4.69, 9.17) is 0 Å². The Balaban J connectivity index is 1.78. The van der Waals surface area contributed by atoms with Crippen molar-refractivity contribution in [1.82, 2.24) is 4.98 Å². The van der Waals surface area contributed by atoms with Gasteiger partial charge in [0, 0.05) is 22.2 Å². The molecular formula is C14H16N2O2S2. The Bertz CT molecular complexity index is 714. The van der Waals surface area contributed by atoms with Crippen molar-refractivity contribution in [2.45, 2.75) is 30.7 Å². The van der Waals surface area contributed by atoms with Gasteiger partial charge < -0.3 is 5.32 Å². The molecule has 0 saturated heterocycles. The van der Waals surface area contributed by atoms with Crippen molar-refractivity contribution in [2.24, 2.45) is 0 Å². The largest absolute Gasteiger partial charge is 0.364 e. The van der Waals surface area contributed by atoms with Crippen LogP contribution in [0.4, 0.5) is 5.82 Å². The van der Waals surface area contributed by atoms with Crippen LogP contribution in [-0.2, 0) is 29.2 Å². The summed E-state index contributed by atoms with van der Waals surface area (Å²) in [5, 5.41) is 3.14. The van der Waals surface area contributed by atoms with Gasteiger partial charge in [0.2, 0.25) is 0 Å². The molecule has 2 aromatic heterocycles. The first-order valence-electron chi connectivity index (χ1n) is 6.53. The number of nitrogens with zero attached hydrogens (tertiary/aromatic N) is 1. The molecule has 1 aliphatic rings. The normalized spacial score (nSPS) is 14.2. The van der Waals surface area contributed by atoms with E-state index in [0.29, 0.717) is 12.4 Å². The van der Waals surface area contributed by atoms with E-state index < -0.39 is 9.84 Å². The van der Waals surface area contributed by atoms with Crippen LogP contribution in [0.3, 0.4) is 0 Å². The fourth-order valence-electron chi connectivity index (χ4n) is 2.47. The molecule has 0 atom stereocenters. The van der Waals surface area contributed by atoms with E-state index in [2.05, 4.69) is 16.4 Å². The van der Waals surface area contributed by atoms with E-state index in [1.807, 2.05) is 11.3 Å². The maximum absolute atomic E-state index is 11.7. The molecule has 0 unspecified atom stereocenters. The second-order valence-electron chi connectivity index (χ2n) is 4.99. The third-order valence-electron chi connectivity index (χ3n) is 3.40. The molecule has 0 fully saturated rings. The molecule has 0 amide bonds. The summed E-state index contributed by atoms with van der Waals surface area (Å²) in [5.41, 5.74) is 1.45. The van der Waals surface area contributed by atoms with Crippen molar-refractivity contribution < 1.29 is 8.42 Å². The predicted molar refractivity (Wildman–Crippen MR) is 81.0 cm³/mol. The highest BCUT2D eigenvalue weighted by Gasteiger charge is 2.16. The molecule has 1 N–H and O–H groups in total. The Hall–Kier alpha value is -1.40. The molecule has 4 nitrogen and oxygen atoms in total. The summed E-state index contributed by atoms with van der Waals surface area (Å²) in [7, 11) is -3.26. The maximum Gasteiger partial charge on any atom is 0.179 e. The van der Waals surface area contributed by atoms with E-state index in [9.17, 15) is 8.42 Å². The summed E-state index contributed by atoms with van der Waals surface area (Å²) in [4.78, 5) is 7.11. The van der Waals surface area contributed by atoms with Crippen molar-refractivity contribution >= 4 is 27.0 Å². The van der Waals surface area contributed by atoms with Crippen molar-refractivity contribution in [3.05, 3.63) is 39.7 Å². The van der Waals surface area contributed by atoms with Gasteiger partial charge in [-0.25, -0.2) is 13.4 Å². The van der Waals surface area contributed by atoms with Gasteiger partial charge in [-0.15, -0.1) is 11.3 Å². The molecule has 2 heterocycles. The van der Waals surface area contributed by atoms with E-state index in [1.165, 1.54) is 40.8 Å². The first-order chi connectivity index (χ1) is 9.54. The van der Waals surface area contributed by atoms with Crippen LogP contribution < -0.4 is 5.32 Å². The lowest BCUT2D eigenvalue weighted by atomic mass is 10.2. The zero-order valence-electron chi connectivity index (χ0n) is 11.2. The van der Waals surface area contributed by atoms with Crippen LogP contribution in [-0.4, -0.2) is 19.7 Å². The number of hydrogen-bond acceptors (Lipinski definition) is 5. The summed E-state index contributed by atoms with van der Waals surface area (Å²) in [6.07, 6.45) is 6.41. The van der Waals surface area contributed by atoms with Gasteiger partial charge in [0.25, 0.3) is 0 Å². The highest BCUT2D eigenvalue weighted by molar-refractivity contribution is 7.90. The Morgan fingerprint density at radius 1 is 1.40 bits per heavy atom. The molecule has 6 heteroatoms. The second kappa shape index (κ2) is 5.18. The number of thiophene rings is 1. The van der Waals surface area contributed by atoms with Crippen LogP contribution in [0.2, 0.25) is 0 Å². The molecule has 106 valence electrons. The summed E-state index contributed by atoms with van der Waals surface area (Å²) in [6, 6.07) is 5.45. The third kappa shape index (κ3) is 2.71. The number of hydrogen-bond donors (Lipinski definition) is 1. The lowest BCUT2D eigenvalue weighted by molar-refractivity contribution is 0.601. The minimum atomic E-state index is -3.26. The SMILES string of the molecule is CS(=O)(=O)c1cccnc1NCc1cc2c(s1)CCC2. The minimum absolute atomic E-state index is 0.254. The predicted octanol–water partition coefficient (Wildman–Crippen LogP) is 2.65. The fourth-order valence-corrected chi connectivity index (χ4v) is 4.47. The Labute approximate surface area is 122 Å². The molecular weight excluding hydrogens is 292 g/mol. The monoisotopic (exact) mass is 308 g/mol. The summed E-state index contributed by atoms with van der Waals surface area (Å²) in [5.74, 6) is 0.434. The zero-order chi connectivity index (χ0) is 14.2. The molecule has 3 rings (SSSR count). The first kappa shape index (κ1) is 13.6. The highest BCUT2D eigenvalue weighted by Crippen LogP contribution is 2.31. The van der Waals surface area contributed by atoms with Crippen LogP contribution in [0.5, 0.6) is 0 Å². The molecule has 0 radical (unpaired) electrons. The number of pyridine rings is 1. The lowest BCUT2D eigenvalue weighted by Crippen LogP contribution is -2.07. The van der Waals surface area contributed by atoms with Gasteiger partial charge in [-0.1, -0.05) is 0 Å². The molecule has 0 aliphatic heterocycles. The number of sulfone groups is 1. The van der Waals surface area contributed by atoms with Gasteiger partial charge in [0.15, 0.2) is 9.84 Å². The number of rotatable bonds is 4. The van der Waals surface area contributed by atoms with Gasteiger partial charge in [0.1, 0.15) is 10.7 Å². The average molecular weight is 308 g/mol. The highest BCUT2D eigenvalue weighted by atomic mass is 32.2. The van der Waals surface area contributed by atoms with Gasteiger partial charge in [-0.3, -0.25) is 0 Å². The molecule has 1 aliphatic carbocycles. The van der Waals surface area contributed by atoms with E-state index >= 15 is 0 Å². The third-order valence-corrected chi connectivity index (χ3v) is 5.76. The minimum Gasteiger partial charge on any atom is -0.364 e. The zero-order valence-corrected chi connectivity index (χ0v) is 12.9. The van der Waals surface area contributed by atoms with Crippen molar-refractivity contribution in [3.8, 4) is 0 Å². The molecule has 0 aromatic carbocycles. The Morgan fingerprint density at radius 3 is 3.00 bits per heavy atom. The van der Waals surface area contributed by atoms with Crippen LogP contribution >= 0.6 is 11.3 Å². The number of aryl methyl sites for hydroxylation is 2. The molecule has 2 aromatic rings. The van der Waals surface area contributed by atoms with Gasteiger partial charge in [-0.2, -0.15) is 0 Å². The van der Waals surface area contributed by atoms with E-state index in [-0.39, 0.29) is 4.90 Å².